The average Bonchev–Trinajstić information content (AvgIpc) is 3.47. The van der Waals surface area contributed by atoms with Gasteiger partial charge in [0.05, 0.1) is 16.4 Å². The van der Waals surface area contributed by atoms with Crippen LogP contribution in [0.4, 0.5) is 0 Å². The van der Waals surface area contributed by atoms with Crippen LogP contribution in [0.3, 0.4) is 0 Å². The molecule has 0 aliphatic carbocycles. The Hall–Kier alpha value is -3.94. The van der Waals surface area contributed by atoms with Crippen LogP contribution in [0.25, 0.3) is 32.2 Å². The molecule has 5 rings (SSSR count). The molecule has 0 radical (unpaired) electrons. The lowest BCUT2D eigenvalue weighted by Gasteiger charge is -2.11. The highest BCUT2D eigenvalue weighted by Gasteiger charge is 2.22. The first-order valence-electron chi connectivity index (χ1n) is 10.3. The summed E-state index contributed by atoms with van der Waals surface area (Å²) in [6.07, 6.45) is 0. The standard InChI is InChI=1S/C26H20N2O4S/c27-26(31)18-8-4-9-19-24(18)25-20(28(19)14-16-6-2-1-3-7-16)12-17(22-10-5-11-33-22)13-21(25)32-23(30)15-29/h1-13,29H,14-15H2,(H2,27,31). The Morgan fingerprint density at radius 1 is 0.939 bits per heavy atom. The van der Waals surface area contributed by atoms with Crippen LogP contribution in [-0.4, -0.2) is 28.2 Å². The number of aliphatic hydroxyl groups is 1. The number of hydrogen-bond donors (Lipinski definition) is 2. The van der Waals surface area contributed by atoms with Gasteiger partial charge in [0.2, 0.25) is 5.91 Å². The number of esters is 1. The first-order valence-corrected chi connectivity index (χ1v) is 11.2. The second-order valence-corrected chi connectivity index (χ2v) is 8.56. The van der Waals surface area contributed by atoms with E-state index in [0.29, 0.717) is 22.9 Å². The molecule has 3 aromatic carbocycles. The Kier molecular flexibility index (Phi) is 5.42. The number of hydrogen-bond acceptors (Lipinski definition) is 5. The van der Waals surface area contributed by atoms with Crippen molar-refractivity contribution in [3.63, 3.8) is 0 Å². The first kappa shape index (κ1) is 20.9. The quantitative estimate of drug-likeness (QED) is 0.289. The topological polar surface area (TPSA) is 94.6 Å². The third-order valence-corrected chi connectivity index (χ3v) is 6.48. The highest BCUT2D eigenvalue weighted by atomic mass is 32.1. The number of amides is 1. The van der Waals surface area contributed by atoms with Gasteiger partial charge in [-0.15, -0.1) is 11.3 Å². The third kappa shape index (κ3) is 3.77. The van der Waals surface area contributed by atoms with Gasteiger partial charge in [0, 0.05) is 22.4 Å². The van der Waals surface area contributed by atoms with Crippen LogP contribution in [0.1, 0.15) is 15.9 Å². The fraction of sp³-hybridized carbons (Fsp3) is 0.0769. The van der Waals surface area contributed by atoms with E-state index in [1.54, 1.807) is 29.5 Å². The van der Waals surface area contributed by atoms with Gasteiger partial charge in [-0.05, 0) is 46.8 Å². The van der Waals surface area contributed by atoms with Crippen molar-refractivity contribution in [3.8, 4) is 16.2 Å². The Morgan fingerprint density at radius 2 is 1.76 bits per heavy atom. The van der Waals surface area contributed by atoms with Crippen LogP contribution in [-0.2, 0) is 11.3 Å². The molecule has 0 fully saturated rings. The number of ether oxygens (including phenoxy) is 1. The molecule has 0 saturated heterocycles. The van der Waals surface area contributed by atoms with Crippen LogP contribution in [0.5, 0.6) is 5.75 Å². The fourth-order valence-electron chi connectivity index (χ4n) is 4.18. The summed E-state index contributed by atoms with van der Waals surface area (Å²) in [6.45, 7) is -0.208. The van der Waals surface area contributed by atoms with Crippen molar-refractivity contribution in [2.24, 2.45) is 5.73 Å². The molecule has 2 heterocycles. The number of fused-ring (bicyclic) bond motifs is 3. The number of nitrogens with zero attached hydrogens (tertiary/aromatic N) is 1. The Bertz CT molecular complexity index is 1490. The molecule has 0 spiro atoms. The van der Waals surface area contributed by atoms with Gasteiger partial charge >= 0.3 is 5.97 Å². The number of carbonyl (C=O) groups is 2. The van der Waals surface area contributed by atoms with Gasteiger partial charge in [-0.1, -0.05) is 42.5 Å². The minimum atomic E-state index is -0.778. The summed E-state index contributed by atoms with van der Waals surface area (Å²) >= 11 is 1.57. The van der Waals surface area contributed by atoms with Gasteiger partial charge in [-0.25, -0.2) is 4.79 Å². The zero-order chi connectivity index (χ0) is 22.9. The van der Waals surface area contributed by atoms with Crippen molar-refractivity contribution in [1.82, 2.24) is 4.57 Å². The van der Waals surface area contributed by atoms with Crippen LogP contribution in [0.2, 0.25) is 0 Å². The number of nitrogens with two attached hydrogens (primary N) is 1. The number of aliphatic hydroxyl groups excluding tert-OH is 1. The number of primary amides is 1. The lowest BCUT2D eigenvalue weighted by Crippen LogP contribution is -2.13. The van der Waals surface area contributed by atoms with Crippen LogP contribution >= 0.6 is 11.3 Å². The Balaban J connectivity index is 1.90. The number of rotatable bonds is 6. The van der Waals surface area contributed by atoms with E-state index in [1.807, 2.05) is 60.0 Å². The summed E-state index contributed by atoms with van der Waals surface area (Å²) in [5.74, 6) is -1.07. The monoisotopic (exact) mass is 456 g/mol. The summed E-state index contributed by atoms with van der Waals surface area (Å²) in [5.41, 5.74) is 9.62. The lowest BCUT2D eigenvalue weighted by atomic mass is 10.0. The Morgan fingerprint density at radius 3 is 2.45 bits per heavy atom. The highest BCUT2D eigenvalue weighted by Crippen LogP contribution is 2.42. The number of aromatic nitrogens is 1. The smallest absolute Gasteiger partial charge is 0.337 e. The molecule has 0 bridgehead atoms. The molecule has 1 amide bonds. The van der Waals surface area contributed by atoms with Crippen molar-refractivity contribution in [3.05, 3.63) is 89.3 Å². The fourth-order valence-corrected chi connectivity index (χ4v) is 4.90. The van der Waals surface area contributed by atoms with Crippen LogP contribution < -0.4 is 10.5 Å². The second-order valence-electron chi connectivity index (χ2n) is 7.61. The van der Waals surface area contributed by atoms with Crippen molar-refractivity contribution in [2.75, 3.05) is 6.61 Å². The van der Waals surface area contributed by atoms with Gasteiger partial charge in [-0.2, -0.15) is 0 Å². The molecular weight excluding hydrogens is 436 g/mol. The SMILES string of the molecule is NC(=O)c1cccc2c1c1c(OC(=O)CO)cc(-c3cccs3)cc1n2Cc1ccccc1. The number of carbonyl (C=O) groups excluding carboxylic acids is 2. The predicted octanol–water partition coefficient (Wildman–Crippen LogP) is 4.57. The predicted molar refractivity (Wildman–Crippen MR) is 130 cm³/mol. The van der Waals surface area contributed by atoms with E-state index < -0.39 is 18.5 Å². The van der Waals surface area contributed by atoms with Gasteiger partial charge in [0.1, 0.15) is 12.4 Å². The van der Waals surface area contributed by atoms with Crippen molar-refractivity contribution < 1.29 is 19.4 Å². The zero-order valence-corrected chi connectivity index (χ0v) is 18.3. The van der Waals surface area contributed by atoms with E-state index >= 15 is 0 Å². The summed E-state index contributed by atoms with van der Waals surface area (Å²) in [7, 11) is 0. The number of thiophene rings is 1. The van der Waals surface area contributed by atoms with E-state index in [2.05, 4.69) is 4.57 Å². The van der Waals surface area contributed by atoms with Gasteiger partial charge in [0.25, 0.3) is 0 Å². The molecule has 33 heavy (non-hydrogen) atoms. The minimum absolute atomic E-state index is 0.278. The minimum Gasteiger partial charge on any atom is -0.424 e. The maximum atomic E-state index is 12.3. The normalized spacial score (nSPS) is 11.2. The number of benzene rings is 3. The lowest BCUT2D eigenvalue weighted by molar-refractivity contribution is -0.137. The van der Waals surface area contributed by atoms with Gasteiger partial charge < -0.3 is 20.1 Å². The molecular formula is C26H20N2O4S. The van der Waals surface area contributed by atoms with Gasteiger partial charge in [-0.3, -0.25) is 4.79 Å². The van der Waals surface area contributed by atoms with Crippen molar-refractivity contribution in [1.29, 1.82) is 0 Å². The molecule has 0 aliphatic rings. The average molecular weight is 457 g/mol. The van der Waals surface area contributed by atoms with E-state index in [1.165, 1.54) is 0 Å². The summed E-state index contributed by atoms with van der Waals surface area (Å²) in [4.78, 5) is 25.4. The third-order valence-electron chi connectivity index (χ3n) is 5.56. The van der Waals surface area contributed by atoms with E-state index in [9.17, 15) is 14.7 Å². The van der Waals surface area contributed by atoms with Crippen LogP contribution in [0.15, 0.2) is 78.2 Å². The molecule has 0 atom stereocenters. The largest absolute Gasteiger partial charge is 0.424 e. The second kappa shape index (κ2) is 8.54. The van der Waals surface area contributed by atoms with Crippen molar-refractivity contribution >= 4 is 45.0 Å². The summed E-state index contributed by atoms with van der Waals surface area (Å²) < 4.78 is 7.67. The molecule has 0 saturated carbocycles. The van der Waals surface area contributed by atoms with Crippen LogP contribution in [0, 0.1) is 0 Å². The molecule has 164 valence electrons. The Labute approximate surface area is 193 Å². The van der Waals surface area contributed by atoms with E-state index in [-0.39, 0.29) is 5.75 Å². The highest BCUT2D eigenvalue weighted by molar-refractivity contribution is 7.13. The molecule has 6 nitrogen and oxygen atoms in total. The first-order chi connectivity index (χ1) is 16.1. The molecule has 7 heteroatoms. The van der Waals surface area contributed by atoms with Gasteiger partial charge in [0.15, 0.2) is 0 Å². The molecule has 5 aromatic rings. The van der Waals surface area contributed by atoms with Crippen molar-refractivity contribution in [2.45, 2.75) is 6.54 Å². The molecule has 0 unspecified atom stereocenters. The maximum absolute atomic E-state index is 12.3. The molecule has 3 N–H and O–H groups in total. The van der Waals surface area contributed by atoms with E-state index in [4.69, 9.17) is 10.5 Å². The van der Waals surface area contributed by atoms with E-state index in [0.717, 1.165) is 27.0 Å². The summed E-state index contributed by atoms with van der Waals surface area (Å²) in [6, 6.07) is 23.1. The maximum Gasteiger partial charge on any atom is 0.337 e. The zero-order valence-electron chi connectivity index (χ0n) is 17.5. The summed E-state index contributed by atoms with van der Waals surface area (Å²) in [5, 5.41) is 12.5. The molecule has 0 aliphatic heterocycles. The molecule has 2 aromatic heterocycles.